The van der Waals surface area contributed by atoms with E-state index in [1.165, 1.54) is 5.56 Å². The van der Waals surface area contributed by atoms with Crippen molar-refractivity contribution >= 4 is 22.9 Å². The second kappa shape index (κ2) is 9.45. The lowest BCUT2D eigenvalue weighted by molar-refractivity contribution is -0.116. The van der Waals surface area contributed by atoms with Crippen LogP contribution < -0.4 is 5.32 Å². The van der Waals surface area contributed by atoms with E-state index in [2.05, 4.69) is 33.4 Å². The second-order valence-corrected chi connectivity index (χ2v) is 7.13. The third-order valence-corrected chi connectivity index (χ3v) is 5.15. The zero-order chi connectivity index (χ0) is 19.9. The lowest BCUT2D eigenvalue weighted by Gasteiger charge is -2.27. The highest BCUT2D eigenvalue weighted by atomic mass is 16.5. The number of morpholine rings is 1. The number of nitrogens with zero attached hydrogens (tertiary/aromatic N) is 2. The zero-order valence-electron chi connectivity index (χ0n) is 16.4. The Balaban J connectivity index is 1.39. The summed E-state index contributed by atoms with van der Waals surface area (Å²) >= 11 is 0. The molecule has 29 heavy (non-hydrogen) atoms. The van der Waals surface area contributed by atoms with Crippen molar-refractivity contribution in [2.45, 2.75) is 13.1 Å². The van der Waals surface area contributed by atoms with Crippen molar-refractivity contribution in [3.63, 3.8) is 0 Å². The van der Waals surface area contributed by atoms with Crippen LogP contribution in [-0.2, 0) is 22.6 Å². The first-order chi connectivity index (χ1) is 14.3. The minimum absolute atomic E-state index is 0.112. The Morgan fingerprint density at radius 2 is 1.83 bits per heavy atom. The van der Waals surface area contributed by atoms with Gasteiger partial charge in [0.15, 0.2) is 0 Å². The first kappa shape index (κ1) is 19.3. The first-order valence-electron chi connectivity index (χ1n) is 9.96. The highest BCUT2D eigenvalue weighted by Crippen LogP contribution is 2.17. The van der Waals surface area contributed by atoms with Gasteiger partial charge in [-0.3, -0.25) is 14.7 Å². The molecule has 0 bridgehead atoms. The zero-order valence-corrected chi connectivity index (χ0v) is 16.4. The number of hydrogen-bond acceptors (Lipinski definition) is 4. The molecule has 2 aromatic carbocycles. The maximum absolute atomic E-state index is 12.4. The van der Waals surface area contributed by atoms with Crippen molar-refractivity contribution in [1.29, 1.82) is 0 Å². The van der Waals surface area contributed by atoms with E-state index >= 15 is 0 Å². The van der Waals surface area contributed by atoms with Gasteiger partial charge in [0.1, 0.15) is 0 Å². The summed E-state index contributed by atoms with van der Waals surface area (Å²) in [7, 11) is 0. The quantitative estimate of drug-likeness (QED) is 0.659. The summed E-state index contributed by atoms with van der Waals surface area (Å²) in [4.78, 5) is 19.2. The van der Waals surface area contributed by atoms with E-state index in [-0.39, 0.29) is 5.91 Å². The maximum atomic E-state index is 12.4. The Bertz CT molecular complexity index is 1000. The lowest BCUT2D eigenvalue weighted by atomic mass is 10.1. The molecule has 148 valence electrons. The van der Waals surface area contributed by atoms with Crippen LogP contribution in [-0.4, -0.2) is 42.1 Å². The molecule has 1 N–H and O–H groups in total. The number of fused-ring (bicyclic) bond motifs is 1. The van der Waals surface area contributed by atoms with Crippen molar-refractivity contribution in [2.24, 2.45) is 0 Å². The van der Waals surface area contributed by atoms with Crippen LogP contribution in [0.1, 0.15) is 16.7 Å². The normalized spacial score (nSPS) is 15.0. The number of pyridine rings is 1. The number of amides is 1. The van der Waals surface area contributed by atoms with Gasteiger partial charge in [0.25, 0.3) is 0 Å². The molecule has 1 fully saturated rings. The SMILES string of the molecule is O=C(/C=C/c1cccc2cccnc12)NCc1ccccc1CN1CCOCC1. The number of carbonyl (C=O) groups is 1. The molecule has 0 atom stereocenters. The lowest BCUT2D eigenvalue weighted by Crippen LogP contribution is -2.36. The molecule has 5 nitrogen and oxygen atoms in total. The average Bonchev–Trinajstić information content (AvgIpc) is 2.78. The van der Waals surface area contributed by atoms with E-state index in [9.17, 15) is 4.79 Å². The van der Waals surface area contributed by atoms with Crippen molar-refractivity contribution in [2.75, 3.05) is 26.3 Å². The molecule has 0 unspecified atom stereocenters. The second-order valence-electron chi connectivity index (χ2n) is 7.13. The van der Waals surface area contributed by atoms with E-state index in [0.717, 1.165) is 54.9 Å². The van der Waals surface area contributed by atoms with Crippen LogP contribution in [0.3, 0.4) is 0 Å². The summed E-state index contributed by atoms with van der Waals surface area (Å²) in [5.41, 5.74) is 4.23. The molecule has 1 amide bonds. The minimum atomic E-state index is -0.112. The van der Waals surface area contributed by atoms with Gasteiger partial charge < -0.3 is 10.1 Å². The van der Waals surface area contributed by atoms with Crippen LogP contribution in [0.15, 0.2) is 66.9 Å². The van der Waals surface area contributed by atoms with Crippen LogP contribution in [0.25, 0.3) is 17.0 Å². The van der Waals surface area contributed by atoms with Crippen LogP contribution in [0.2, 0.25) is 0 Å². The fourth-order valence-corrected chi connectivity index (χ4v) is 3.55. The molecule has 0 radical (unpaired) electrons. The summed E-state index contributed by atoms with van der Waals surface area (Å²) in [6, 6.07) is 18.2. The van der Waals surface area contributed by atoms with Gasteiger partial charge in [0.05, 0.1) is 18.7 Å². The summed E-state index contributed by atoms with van der Waals surface area (Å²) < 4.78 is 5.43. The summed E-state index contributed by atoms with van der Waals surface area (Å²) in [5, 5.41) is 4.07. The van der Waals surface area contributed by atoms with Crippen molar-refractivity contribution < 1.29 is 9.53 Å². The van der Waals surface area contributed by atoms with Gasteiger partial charge >= 0.3 is 0 Å². The van der Waals surface area contributed by atoms with Gasteiger partial charge in [-0.2, -0.15) is 0 Å². The minimum Gasteiger partial charge on any atom is -0.379 e. The number of carbonyl (C=O) groups excluding carboxylic acids is 1. The van der Waals surface area contributed by atoms with Crippen LogP contribution >= 0.6 is 0 Å². The molecule has 3 aromatic rings. The van der Waals surface area contributed by atoms with Crippen LogP contribution in [0.4, 0.5) is 0 Å². The van der Waals surface area contributed by atoms with Gasteiger partial charge in [-0.05, 0) is 23.3 Å². The van der Waals surface area contributed by atoms with Gasteiger partial charge in [-0.15, -0.1) is 0 Å². The van der Waals surface area contributed by atoms with E-state index in [0.29, 0.717) is 6.54 Å². The van der Waals surface area contributed by atoms with Gasteiger partial charge in [0.2, 0.25) is 5.91 Å². The number of nitrogens with one attached hydrogen (secondary N) is 1. The predicted molar refractivity (Wildman–Crippen MR) is 115 cm³/mol. The number of rotatable bonds is 6. The summed E-state index contributed by atoms with van der Waals surface area (Å²) in [5.74, 6) is -0.112. The summed E-state index contributed by atoms with van der Waals surface area (Å²) in [6.07, 6.45) is 5.17. The molecule has 0 saturated carbocycles. The first-order valence-corrected chi connectivity index (χ1v) is 9.96. The monoisotopic (exact) mass is 387 g/mol. The standard InChI is InChI=1S/C24H25N3O2/c28-23(11-10-20-8-3-7-19-9-4-12-25-24(19)20)26-17-21-5-1-2-6-22(21)18-27-13-15-29-16-14-27/h1-12H,13-18H2,(H,26,28)/b11-10+. The van der Waals surface area contributed by atoms with Crippen LogP contribution in [0, 0.1) is 0 Å². The average molecular weight is 387 g/mol. The van der Waals surface area contributed by atoms with E-state index < -0.39 is 0 Å². The number of benzene rings is 2. The molecule has 1 aromatic heterocycles. The third kappa shape index (κ3) is 5.08. The van der Waals surface area contributed by atoms with Gasteiger partial charge in [-0.1, -0.05) is 48.5 Å². The molecule has 1 saturated heterocycles. The molecular formula is C24H25N3O2. The molecule has 5 heteroatoms. The highest BCUT2D eigenvalue weighted by Gasteiger charge is 2.12. The molecule has 4 rings (SSSR count). The Kier molecular flexibility index (Phi) is 6.29. The summed E-state index contributed by atoms with van der Waals surface area (Å²) in [6.45, 7) is 4.86. The van der Waals surface area contributed by atoms with Crippen LogP contribution in [0.5, 0.6) is 0 Å². The fraction of sp³-hybridized carbons (Fsp3) is 0.250. The highest BCUT2D eigenvalue weighted by molar-refractivity contribution is 5.95. The molecule has 1 aliphatic rings. The molecule has 2 heterocycles. The van der Waals surface area contributed by atoms with Gasteiger partial charge in [0, 0.05) is 49.4 Å². The Hall–Kier alpha value is -3.02. The predicted octanol–water partition coefficient (Wildman–Crippen LogP) is 3.40. The number of aromatic nitrogens is 1. The number of para-hydroxylation sites is 1. The van der Waals surface area contributed by atoms with Crippen molar-refractivity contribution in [3.8, 4) is 0 Å². The molecule has 0 aliphatic carbocycles. The smallest absolute Gasteiger partial charge is 0.244 e. The number of ether oxygens (including phenoxy) is 1. The molecule has 0 spiro atoms. The third-order valence-electron chi connectivity index (χ3n) is 5.15. The topological polar surface area (TPSA) is 54.5 Å². The maximum Gasteiger partial charge on any atom is 0.244 e. The number of hydrogen-bond donors (Lipinski definition) is 1. The van der Waals surface area contributed by atoms with E-state index in [1.807, 2.05) is 42.5 Å². The molecular weight excluding hydrogens is 362 g/mol. The van der Waals surface area contributed by atoms with Gasteiger partial charge in [-0.25, -0.2) is 0 Å². The Morgan fingerprint density at radius 1 is 1.03 bits per heavy atom. The van der Waals surface area contributed by atoms with Crippen molar-refractivity contribution in [1.82, 2.24) is 15.2 Å². The fourth-order valence-electron chi connectivity index (χ4n) is 3.55. The molecule has 1 aliphatic heterocycles. The van der Waals surface area contributed by atoms with E-state index in [1.54, 1.807) is 12.3 Å². The Morgan fingerprint density at radius 3 is 2.69 bits per heavy atom. The van der Waals surface area contributed by atoms with E-state index in [4.69, 9.17) is 4.74 Å². The largest absolute Gasteiger partial charge is 0.379 e. The Labute approximate surface area is 171 Å². The van der Waals surface area contributed by atoms with Crippen molar-refractivity contribution in [3.05, 3.63) is 83.6 Å².